The summed E-state index contributed by atoms with van der Waals surface area (Å²) in [6.07, 6.45) is 3.02. The molecule has 1 rings (SSSR count). The van der Waals surface area contributed by atoms with Crippen molar-refractivity contribution in [2.45, 2.75) is 18.2 Å². The Morgan fingerprint density at radius 2 is 1.92 bits per heavy atom. The second-order valence-corrected chi connectivity index (χ2v) is 4.95. The molecule has 0 aliphatic rings. The van der Waals surface area contributed by atoms with Gasteiger partial charge >= 0.3 is 0 Å². The molecule has 0 aliphatic carbocycles. The monoisotopic (exact) mass is 220 g/mol. The van der Waals surface area contributed by atoms with Crippen molar-refractivity contribution in [3.05, 3.63) is 17.7 Å². The van der Waals surface area contributed by atoms with Crippen LogP contribution in [-0.2, 0) is 9.84 Å². The maximum atomic E-state index is 11.4. The lowest BCUT2D eigenvalue weighted by Crippen LogP contribution is -2.06. The topological polar surface area (TPSA) is 59.9 Å². The van der Waals surface area contributed by atoms with Crippen LogP contribution in [-0.4, -0.2) is 24.1 Å². The molecule has 0 aliphatic heterocycles. The number of rotatable bonds is 3. The van der Waals surface area contributed by atoms with E-state index in [4.69, 9.17) is 11.6 Å². The van der Waals surface area contributed by atoms with Gasteiger partial charge in [-0.05, 0) is 18.0 Å². The van der Waals surface area contributed by atoms with Crippen LogP contribution in [0.5, 0.6) is 0 Å². The average molecular weight is 221 g/mol. The first kappa shape index (κ1) is 10.4. The summed E-state index contributed by atoms with van der Waals surface area (Å²) >= 11 is 5.42. The molecule has 0 aromatic carbocycles. The van der Waals surface area contributed by atoms with Crippen molar-refractivity contribution < 1.29 is 8.42 Å². The van der Waals surface area contributed by atoms with E-state index in [1.54, 1.807) is 6.92 Å². The third kappa shape index (κ3) is 2.63. The van der Waals surface area contributed by atoms with Crippen molar-refractivity contribution in [1.29, 1.82) is 0 Å². The van der Waals surface area contributed by atoms with Gasteiger partial charge in [-0.3, -0.25) is 0 Å². The molecule has 0 saturated heterocycles. The van der Waals surface area contributed by atoms with Crippen molar-refractivity contribution in [2.75, 3.05) is 5.75 Å². The molecule has 0 bridgehead atoms. The van der Waals surface area contributed by atoms with Crippen molar-refractivity contribution >= 4 is 21.4 Å². The Hall–Kier alpha value is -0.680. The van der Waals surface area contributed by atoms with E-state index in [-0.39, 0.29) is 15.9 Å². The molecule has 13 heavy (non-hydrogen) atoms. The van der Waals surface area contributed by atoms with Gasteiger partial charge in [0.1, 0.15) is 4.90 Å². The molecule has 6 heteroatoms. The minimum Gasteiger partial charge on any atom is -0.225 e. The molecule has 0 amide bonds. The summed E-state index contributed by atoms with van der Waals surface area (Å²) in [5, 5.41) is 0.0513. The molecular weight excluding hydrogens is 212 g/mol. The predicted molar refractivity (Wildman–Crippen MR) is 49.4 cm³/mol. The molecule has 0 saturated carbocycles. The number of hydrogen-bond acceptors (Lipinski definition) is 4. The predicted octanol–water partition coefficient (Wildman–Crippen LogP) is 1.31. The van der Waals surface area contributed by atoms with Gasteiger partial charge in [0.2, 0.25) is 5.28 Å². The van der Waals surface area contributed by atoms with Crippen LogP contribution in [0.2, 0.25) is 5.28 Å². The fourth-order valence-electron chi connectivity index (χ4n) is 0.848. The molecule has 0 fully saturated rings. The van der Waals surface area contributed by atoms with Gasteiger partial charge in [-0.25, -0.2) is 18.4 Å². The van der Waals surface area contributed by atoms with Crippen LogP contribution in [0.3, 0.4) is 0 Å². The van der Waals surface area contributed by atoms with Crippen molar-refractivity contribution in [3.8, 4) is 0 Å². The highest BCUT2D eigenvalue weighted by molar-refractivity contribution is 7.91. The van der Waals surface area contributed by atoms with E-state index in [9.17, 15) is 8.42 Å². The largest absolute Gasteiger partial charge is 0.225 e. The first-order valence-electron chi connectivity index (χ1n) is 3.76. The van der Waals surface area contributed by atoms with Gasteiger partial charge in [0, 0.05) is 0 Å². The van der Waals surface area contributed by atoms with E-state index in [0.29, 0.717) is 6.42 Å². The Morgan fingerprint density at radius 1 is 1.38 bits per heavy atom. The highest BCUT2D eigenvalue weighted by atomic mass is 35.5. The van der Waals surface area contributed by atoms with E-state index in [1.165, 1.54) is 12.4 Å². The summed E-state index contributed by atoms with van der Waals surface area (Å²) in [6, 6.07) is 0. The van der Waals surface area contributed by atoms with Crippen LogP contribution < -0.4 is 0 Å². The van der Waals surface area contributed by atoms with Gasteiger partial charge in [-0.15, -0.1) is 0 Å². The zero-order valence-corrected chi connectivity index (χ0v) is 8.64. The summed E-state index contributed by atoms with van der Waals surface area (Å²) in [7, 11) is -3.21. The molecule has 1 heterocycles. The SMILES string of the molecule is CCCS(=O)(=O)c1cnc(Cl)nc1. The third-order valence-corrected chi connectivity index (χ3v) is 3.50. The normalized spacial score (nSPS) is 11.5. The molecule has 0 radical (unpaired) electrons. The minimum atomic E-state index is -3.21. The summed E-state index contributed by atoms with van der Waals surface area (Å²) in [5.41, 5.74) is 0. The Bertz CT molecular complexity index is 374. The number of nitrogens with zero attached hydrogens (tertiary/aromatic N) is 2. The van der Waals surface area contributed by atoms with Gasteiger partial charge in [0.05, 0.1) is 18.1 Å². The lowest BCUT2D eigenvalue weighted by atomic mass is 10.6. The molecule has 4 nitrogen and oxygen atoms in total. The van der Waals surface area contributed by atoms with Crippen LogP contribution in [0, 0.1) is 0 Å². The Kier molecular flexibility index (Phi) is 3.22. The lowest BCUT2D eigenvalue weighted by Gasteiger charge is -2.00. The molecule has 0 atom stereocenters. The quantitative estimate of drug-likeness (QED) is 0.721. The van der Waals surface area contributed by atoms with E-state index in [2.05, 4.69) is 9.97 Å². The maximum Gasteiger partial charge on any atom is 0.222 e. The van der Waals surface area contributed by atoms with Crippen LogP contribution in [0.4, 0.5) is 0 Å². The number of halogens is 1. The summed E-state index contributed by atoms with van der Waals surface area (Å²) < 4.78 is 22.8. The van der Waals surface area contributed by atoms with Gasteiger partial charge in [-0.1, -0.05) is 6.92 Å². The molecule has 0 spiro atoms. The van der Waals surface area contributed by atoms with E-state index >= 15 is 0 Å². The smallest absolute Gasteiger partial charge is 0.222 e. The minimum absolute atomic E-state index is 0.0513. The lowest BCUT2D eigenvalue weighted by molar-refractivity contribution is 0.594. The van der Waals surface area contributed by atoms with Crippen LogP contribution in [0.25, 0.3) is 0 Å². The number of hydrogen-bond donors (Lipinski definition) is 0. The Labute approximate surface area is 81.9 Å². The second-order valence-electron chi connectivity index (χ2n) is 2.51. The van der Waals surface area contributed by atoms with Crippen molar-refractivity contribution in [3.63, 3.8) is 0 Å². The number of aromatic nitrogens is 2. The fraction of sp³-hybridized carbons (Fsp3) is 0.429. The first-order valence-corrected chi connectivity index (χ1v) is 5.79. The summed E-state index contributed by atoms with van der Waals surface area (Å²) in [5.74, 6) is 0.109. The first-order chi connectivity index (χ1) is 6.06. The van der Waals surface area contributed by atoms with Crippen molar-refractivity contribution in [2.24, 2.45) is 0 Å². The van der Waals surface area contributed by atoms with E-state index < -0.39 is 9.84 Å². The van der Waals surface area contributed by atoms with Crippen LogP contribution in [0.1, 0.15) is 13.3 Å². The van der Waals surface area contributed by atoms with E-state index in [1.807, 2.05) is 0 Å². The molecule has 72 valence electrons. The zero-order chi connectivity index (χ0) is 9.90. The Balaban J connectivity index is 3.02. The molecule has 1 aromatic rings. The average Bonchev–Trinajstić information content (AvgIpc) is 2.05. The zero-order valence-electron chi connectivity index (χ0n) is 7.07. The number of sulfone groups is 1. The van der Waals surface area contributed by atoms with Crippen molar-refractivity contribution in [1.82, 2.24) is 9.97 Å². The molecule has 1 aromatic heterocycles. The summed E-state index contributed by atoms with van der Waals surface area (Å²) in [6.45, 7) is 1.80. The summed E-state index contributed by atoms with van der Waals surface area (Å²) in [4.78, 5) is 7.33. The van der Waals surface area contributed by atoms with Gasteiger partial charge in [0.15, 0.2) is 9.84 Å². The molecular formula is C7H9ClN2O2S. The second kappa shape index (κ2) is 4.02. The van der Waals surface area contributed by atoms with Crippen LogP contribution in [0.15, 0.2) is 17.3 Å². The fourth-order valence-corrected chi connectivity index (χ4v) is 2.14. The van der Waals surface area contributed by atoms with Gasteiger partial charge in [-0.2, -0.15) is 0 Å². The van der Waals surface area contributed by atoms with E-state index in [0.717, 1.165) is 0 Å². The third-order valence-electron chi connectivity index (χ3n) is 1.43. The maximum absolute atomic E-state index is 11.4. The molecule has 0 unspecified atom stereocenters. The van der Waals surface area contributed by atoms with Crippen LogP contribution >= 0.6 is 11.6 Å². The highest BCUT2D eigenvalue weighted by Gasteiger charge is 2.13. The van der Waals surface area contributed by atoms with Gasteiger partial charge in [0.25, 0.3) is 0 Å². The highest BCUT2D eigenvalue weighted by Crippen LogP contribution is 2.10. The standard InChI is InChI=1S/C7H9ClN2O2S/c1-2-3-13(11,12)6-4-9-7(8)10-5-6/h4-5H,2-3H2,1H3. The molecule has 0 N–H and O–H groups in total. The Morgan fingerprint density at radius 3 is 2.38 bits per heavy atom. The van der Waals surface area contributed by atoms with Gasteiger partial charge < -0.3 is 0 Å².